The van der Waals surface area contributed by atoms with Gasteiger partial charge >= 0.3 is 10.2 Å². The van der Waals surface area contributed by atoms with Crippen LogP contribution in [0.5, 0.6) is 0 Å². The summed E-state index contributed by atoms with van der Waals surface area (Å²) in [6.45, 7) is 0. The van der Waals surface area contributed by atoms with E-state index in [1.807, 2.05) is 0 Å². The average Bonchev–Trinajstić information content (AvgIpc) is 2.81. The number of imide groups is 1. The molecule has 2 aliphatic heterocycles. The Hall–Kier alpha value is -2.81. The Bertz CT molecular complexity index is 1080. The van der Waals surface area contributed by atoms with Gasteiger partial charge in [-0.15, -0.1) is 3.89 Å². The summed E-state index contributed by atoms with van der Waals surface area (Å²) in [6.07, 6.45) is 0.256. The molecular formula is C16H11FN2O5S. The summed E-state index contributed by atoms with van der Waals surface area (Å²) in [4.78, 5) is 37.0. The summed E-state index contributed by atoms with van der Waals surface area (Å²) in [5.41, 5.74) is 0.462. The number of anilines is 1. The summed E-state index contributed by atoms with van der Waals surface area (Å²) >= 11 is 0. The molecule has 1 saturated heterocycles. The summed E-state index contributed by atoms with van der Waals surface area (Å²) in [7, 11) is -4.98. The van der Waals surface area contributed by atoms with Crippen molar-refractivity contribution in [2.24, 2.45) is 0 Å². The Morgan fingerprint density at radius 1 is 1.16 bits per heavy atom. The van der Waals surface area contributed by atoms with Crippen molar-refractivity contribution >= 4 is 44.4 Å². The number of piperidine rings is 1. The molecule has 4 rings (SSSR count). The number of halogens is 1. The highest BCUT2D eigenvalue weighted by Crippen LogP contribution is 2.41. The van der Waals surface area contributed by atoms with Gasteiger partial charge in [-0.2, -0.15) is 8.42 Å². The first-order valence-corrected chi connectivity index (χ1v) is 8.84. The molecule has 0 bridgehead atoms. The molecule has 7 nitrogen and oxygen atoms in total. The molecule has 1 N–H and O–H groups in total. The van der Waals surface area contributed by atoms with Gasteiger partial charge in [-0.05, 0) is 30.0 Å². The first kappa shape index (κ1) is 15.7. The zero-order chi connectivity index (χ0) is 17.9. The van der Waals surface area contributed by atoms with Crippen molar-refractivity contribution in [3.8, 4) is 0 Å². The van der Waals surface area contributed by atoms with Crippen molar-refractivity contribution in [3.05, 3.63) is 35.9 Å². The molecular weight excluding hydrogens is 351 g/mol. The van der Waals surface area contributed by atoms with Crippen molar-refractivity contribution < 1.29 is 26.7 Å². The maximum Gasteiger partial charge on any atom is 0.332 e. The van der Waals surface area contributed by atoms with Gasteiger partial charge in [0.15, 0.2) is 0 Å². The van der Waals surface area contributed by atoms with Gasteiger partial charge in [0.2, 0.25) is 11.8 Å². The van der Waals surface area contributed by atoms with Crippen molar-refractivity contribution in [2.45, 2.75) is 23.8 Å². The molecule has 9 heteroatoms. The molecule has 2 aliphatic rings. The zero-order valence-electron chi connectivity index (χ0n) is 12.7. The van der Waals surface area contributed by atoms with Crippen LogP contribution in [0.3, 0.4) is 0 Å². The fourth-order valence-corrected chi connectivity index (χ4v) is 3.89. The van der Waals surface area contributed by atoms with Crippen LogP contribution >= 0.6 is 0 Å². The Kier molecular flexibility index (Phi) is 3.20. The molecule has 25 heavy (non-hydrogen) atoms. The second-order valence-electron chi connectivity index (χ2n) is 5.93. The van der Waals surface area contributed by atoms with Crippen molar-refractivity contribution in [2.75, 3.05) is 4.90 Å². The first-order valence-electron chi connectivity index (χ1n) is 7.46. The van der Waals surface area contributed by atoms with E-state index < -0.39 is 38.9 Å². The molecule has 0 saturated carbocycles. The van der Waals surface area contributed by atoms with Gasteiger partial charge in [0.1, 0.15) is 6.04 Å². The van der Waals surface area contributed by atoms with Crippen LogP contribution in [0.1, 0.15) is 23.2 Å². The summed E-state index contributed by atoms with van der Waals surface area (Å²) in [6, 6.07) is 6.04. The number of amides is 3. The second-order valence-corrected chi connectivity index (χ2v) is 7.27. The topological polar surface area (TPSA) is 101 Å². The number of hydrogen-bond acceptors (Lipinski definition) is 5. The van der Waals surface area contributed by atoms with E-state index >= 15 is 0 Å². The smallest absolute Gasteiger partial charge is 0.295 e. The van der Waals surface area contributed by atoms with E-state index in [9.17, 15) is 26.7 Å². The van der Waals surface area contributed by atoms with Gasteiger partial charge < -0.3 is 0 Å². The highest BCUT2D eigenvalue weighted by Gasteiger charge is 2.41. The molecule has 2 aromatic carbocycles. The quantitative estimate of drug-likeness (QED) is 0.640. The Balaban J connectivity index is 1.90. The minimum absolute atomic E-state index is 0.0222. The van der Waals surface area contributed by atoms with Gasteiger partial charge in [-0.25, -0.2) is 0 Å². The second kappa shape index (κ2) is 5.09. The highest BCUT2D eigenvalue weighted by atomic mass is 32.3. The SMILES string of the molecule is O=C1CCC(N2C(=O)c3cc(S(=O)(=O)F)cc4cccc2c34)C(=O)N1. The fraction of sp³-hybridized carbons (Fsp3) is 0.188. The number of nitrogens with one attached hydrogen (secondary N) is 1. The van der Waals surface area contributed by atoms with Crippen molar-refractivity contribution in [1.82, 2.24) is 5.32 Å². The molecule has 3 amide bonds. The molecule has 128 valence electrons. The molecule has 0 aliphatic carbocycles. The molecule has 2 heterocycles. The van der Waals surface area contributed by atoms with Crippen LogP contribution in [-0.4, -0.2) is 32.2 Å². The van der Waals surface area contributed by atoms with Gasteiger partial charge in [0.05, 0.1) is 16.1 Å². The van der Waals surface area contributed by atoms with Gasteiger partial charge in [-0.1, -0.05) is 12.1 Å². The standard InChI is InChI=1S/C16H11FN2O5S/c17-25(23,24)9-6-8-2-1-3-11-14(8)10(7-9)16(22)19(11)12-4-5-13(20)18-15(12)21/h1-3,6-7,12H,4-5H2,(H,18,20,21). The monoisotopic (exact) mass is 362 g/mol. The van der Waals surface area contributed by atoms with Crippen LogP contribution in [-0.2, 0) is 19.8 Å². The number of rotatable bonds is 2. The normalized spacial score (nSPS) is 20.3. The molecule has 2 aromatic rings. The van der Waals surface area contributed by atoms with Crippen LogP contribution in [0.4, 0.5) is 9.57 Å². The highest BCUT2D eigenvalue weighted by molar-refractivity contribution is 7.86. The molecule has 1 fully saturated rings. The van der Waals surface area contributed by atoms with Crippen LogP contribution in [0, 0.1) is 0 Å². The molecule has 0 aromatic heterocycles. The lowest BCUT2D eigenvalue weighted by molar-refractivity contribution is -0.134. The lowest BCUT2D eigenvalue weighted by atomic mass is 10.0. The van der Waals surface area contributed by atoms with Crippen LogP contribution in [0.2, 0.25) is 0 Å². The average molecular weight is 362 g/mol. The van der Waals surface area contributed by atoms with Crippen molar-refractivity contribution in [3.63, 3.8) is 0 Å². The van der Waals surface area contributed by atoms with Crippen LogP contribution in [0.25, 0.3) is 10.8 Å². The lowest BCUT2D eigenvalue weighted by Crippen LogP contribution is -2.53. The molecule has 1 unspecified atom stereocenters. The largest absolute Gasteiger partial charge is 0.332 e. The molecule has 1 atom stereocenters. The number of carbonyl (C=O) groups excluding carboxylic acids is 3. The first-order chi connectivity index (χ1) is 11.8. The third-order valence-electron chi connectivity index (χ3n) is 4.44. The van der Waals surface area contributed by atoms with E-state index in [2.05, 4.69) is 5.32 Å². The molecule has 0 radical (unpaired) electrons. The van der Waals surface area contributed by atoms with E-state index in [0.29, 0.717) is 16.5 Å². The third kappa shape index (κ3) is 2.30. The predicted octanol–water partition coefficient (Wildman–Crippen LogP) is 1.26. The maximum atomic E-state index is 13.4. The summed E-state index contributed by atoms with van der Waals surface area (Å²) in [5, 5.41) is 3.04. The maximum absolute atomic E-state index is 13.4. The minimum Gasteiger partial charge on any atom is -0.295 e. The Morgan fingerprint density at radius 2 is 1.92 bits per heavy atom. The number of nitrogens with zero attached hydrogens (tertiary/aromatic N) is 1. The summed E-state index contributed by atoms with van der Waals surface area (Å²) < 4.78 is 35.9. The molecule has 0 spiro atoms. The number of benzene rings is 2. The van der Waals surface area contributed by atoms with E-state index in [1.165, 1.54) is 4.90 Å². The Labute approximate surface area is 141 Å². The van der Waals surface area contributed by atoms with Gasteiger partial charge in [-0.3, -0.25) is 24.6 Å². The van der Waals surface area contributed by atoms with Crippen LogP contribution < -0.4 is 10.2 Å². The van der Waals surface area contributed by atoms with E-state index in [0.717, 1.165) is 12.1 Å². The summed E-state index contributed by atoms with van der Waals surface area (Å²) in [5.74, 6) is -1.59. The van der Waals surface area contributed by atoms with Crippen LogP contribution in [0.15, 0.2) is 35.2 Å². The number of hydrogen-bond donors (Lipinski definition) is 1. The third-order valence-corrected chi connectivity index (χ3v) is 5.24. The van der Waals surface area contributed by atoms with E-state index in [-0.39, 0.29) is 18.4 Å². The van der Waals surface area contributed by atoms with E-state index in [1.54, 1.807) is 18.2 Å². The van der Waals surface area contributed by atoms with E-state index in [4.69, 9.17) is 0 Å². The zero-order valence-corrected chi connectivity index (χ0v) is 13.5. The fourth-order valence-electron chi connectivity index (χ4n) is 3.37. The predicted molar refractivity (Wildman–Crippen MR) is 85.2 cm³/mol. The van der Waals surface area contributed by atoms with Gasteiger partial charge in [0, 0.05) is 11.8 Å². The minimum atomic E-state index is -4.98. The lowest BCUT2D eigenvalue weighted by Gasteiger charge is -2.30. The van der Waals surface area contributed by atoms with Crippen molar-refractivity contribution in [1.29, 1.82) is 0 Å². The van der Waals surface area contributed by atoms with Gasteiger partial charge in [0.25, 0.3) is 5.91 Å². The Morgan fingerprint density at radius 3 is 2.60 bits per heavy atom. The number of carbonyl (C=O) groups is 3.